The zero-order valence-corrected chi connectivity index (χ0v) is 30.8. The minimum absolute atomic E-state index is 1.22. The molecule has 11 aromatic carbocycles. The Morgan fingerprint density at radius 2 is 0.500 bits per heavy atom. The van der Waals surface area contributed by atoms with Crippen LogP contribution in [0.5, 0.6) is 0 Å². The highest BCUT2D eigenvalue weighted by molar-refractivity contribution is 6.34. The van der Waals surface area contributed by atoms with Crippen LogP contribution in [0, 0.1) is 0 Å². The molecule has 0 amide bonds. The van der Waals surface area contributed by atoms with Crippen molar-refractivity contribution in [1.82, 2.24) is 0 Å². The van der Waals surface area contributed by atoms with Crippen LogP contribution in [0.1, 0.15) is 0 Å². The van der Waals surface area contributed by atoms with E-state index in [1.54, 1.807) is 0 Å². The summed E-state index contributed by atoms with van der Waals surface area (Å²) >= 11 is 0. The van der Waals surface area contributed by atoms with Gasteiger partial charge in [-0.15, -0.1) is 0 Å². The molecule has 11 aromatic rings. The van der Waals surface area contributed by atoms with E-state index in [1.807, 2.05) is 0 Å². The summed E-state index contributed by atoms with van der Waals surface area (Å²) in [6.07, 6.45) is 0. The molecule has 0 heterocycles. The monoisotopic (exact) mass is 708 g/mol. The number of hydrogen-bond acceptors (Lipinski definition) is 0. The summed E-state index contributed by atoms with van der Waals surface area (Å²) in [6, 6.07) is 80.3. The number of rotatable bonds is 6. The normalized spacial score (nSPS) is 11.6. The third-order valence-electron chi connectivity index (χ3n) is 11.6. The van der Waals surface area contributed by atoms with E-state index in [0.717, 1.165) is 0 Å². The van der Waals surface area contributed by atoms with Crippen molar-refractivity contribution in [3.63, 3.8) is 0 Å². The molecule has 0 unspecified atom stereocenters. The maximum atomic E-state index is 2.46. The summed E-state index contributed by atoms with van der Waals surface area (Å²) in [5.74, 6) is 0. The first kappa shape index (κ1) is 32.2. The van der Waals surface area contributed by atoms with Crippen LogP contribution in [-0.2, 0) is 0 Å². The number of benzene rings is 11. The van der Waals surface area contributed by atoms with Crippen LogP contribution in [0.3, 0.4) is 0 Å². The highest BCUT2D eigenvalue weighted by Crippen LogP contribution is 2.48. The lowest BCUT2D eigenvalue weighted by Gasteiger charge is -2.21. The first-order valence-electron chi connectivity index (χ1n) is 19.4. The highest BCUT2D eigenvalue weighted by Gasteiger charge is 2.21. The fraction of sp³-hybridized carbons (Fsp3) is 0. The van der Waals surface area contributed by atoms with Gasteiger partial charge in [0.2, 0.25) is 0 Å². The minimum atomic E-state index is 1.22. The van der Waals surface area contributed by atoms with Crippen molar-refractivity contribution >= 4 is 43.1 Å². The zero-order valence-electron chi connectivity index (χ0n) is 30.8. The first-order chi connectivity index (χ1) is 27.8. The molecule has 0 radical (unpaired) electrons. The molecule has 0 saturated heterocycles. The van der Waals surface area contributed by atoms with E-state index < -0.39 is 0 Å². The molecule has 260 valence electrons. The second-order valence-corrected chi connectivity index (χ2v) is 14.8. The Hall–Kier alpha value is -7.28. The lowest BCUT2D eigenvalue weighted by atomic mass is 9.82. The molecule has 0 fully saturated rings. The molecular weight excluding hydrogens is 673 g/mol. The van der Waals surface area contributed by atoms with Gasteiger partial charge < -0.3 is 0 Å². The topological polar surface area (TPSA) is 0 Å². The summed E-state index contributed by atoms with van der Waals surface area (Å²) in [4.78, 5) is 0. The molecule has 0 aliphatic carbocycles. The number of hydrogen-bond donors (Lipinski definition) is 0. The molecule has 0 N–H and O–H groups in total. The molecule has 0 aromatic heterocycles. The molecule has 0 saturated carbocycles. The van der Waals surface area contributed by atoms with Gasteiger partial charge in [0, 0.05) is 0 Å². The molecule has 0 bridgehead atoms. The maximum Gasteiger partial charge on any atom is -0.00259 e. The smallest absolute Gasteiger partial charge is 0.00259 e. The third-order valence-corrected chi connectivity index (χ3v) is 11.6. The van der Waals surface area contributed by atoms with Gasteiger partial charge in [0.1, 0.15) is 0 Å². The highest BCUT2D eigenvalue weighted by atomic mass is 14.2. The molecule has 56 heavy (non-hydrogen) atoms. The van der Waals surface area contributed by atoms with Gasteiger partial charge in [0.05, 0.1) is 0 Å². The lowest BCUT2D eigenvalue weighted by Crippen LogP contribution is -1.94. The Balaban J connectivity index is 1.21. The molecule has 0 nitrogen and oxygen atoms in total. The second-order valence-electron chi connectivity index (χ2n) is 14.8. The van der Waals surface area contributed by atoms with E-state index in [-0.39, 0.29) is 0 Å². The molecule has 0 aliphatic heterocycles. The van der Waals surface area contributed by atoms with E-state index >= 15 is 0 Å². The van der Waals surface area contributed by atoms with Crippen LogP contribution >= 0.6 is 0 Å². The van der Waals surface area contributed by atoms with Crippen LogP contribution in [0.25, 0.3) is 110 Å². The van der Waals surface area contributed by atoms with Gasteiger partial charge in [0.15, 0.2) is 0 Å². The quantitative estimate of drug-likeness (QED) is 0.119. The molecule has 0 aliphatic rings. The molecular formula is C56H36. The Kier molecular flexibility index (Phi) is 7.60. The van der Waals surface area contributed by atoms with Gasteiger partial charge in [-0.25, -0.2) is 0 Å². The van der Waals surface area contributed by atoms with Crippen LogP contribution in [0.15, 0.2) is 218 Å². The fourth-order valence-corrected chi connectivity index (χ4v) is 9.18. The SMILES string of the molecule is c1ccc(-c2cccc(-c3ccccc3)c2-c2cc3cccc4c5cc(-c6c(-c7ccccc7)cccc6-c6ccccc6)cc6cccc(c(c2)c34)c65)cc1. The Morgan fingerprint density at radius 3 is 0.821 bits per heavy atom. The van der Waals surface area contributed by atoms with Crippen LogP contribution in [0.2, 0.25) is 0 Å². The summed E-state index contributed by atoms with van der Waals surface area (Å²) in [5, 5.41) is 10.3. The van der Waals surface area contributed by atoms with E-state index in [2.05, 4.69) is 218 Å². The van der Waals surface area contributed by atoms with Crippen molar-refractivity contribution < 1.29 is 0 Å². The summed E-state index contributed by atoms with van der Waals surface area (Å²) < 4.78 is 0. The van der Waals surface area contributed by atoms with Crippen LogP contribution in [0.4, 0.5) is 0 Å². The van der Waals surface area contributed by atoms with Gasteiger partial charge >= 0.3 is 0 Å². The third kappa shape index (κ3) is 5.22. The molecule has 0 heteroatoms. The minimum Gasteiger partial charge on any atom is -0.0622 e. The van der Waals surface area contributed by atoms with Crippen molar-refractivity contribution in [2.45, 2.75) is 0 Å². The van der Waals surface area contributed by atoms with Gasteiger partial charge in [-0.2, -0.15) is 0 Å². The van der Waals surface area contributed by atoms with Gasteiger partial charge in [0.25, 0.3) is 0 Å². The van der Waals surface area contributed by atoms with E-state index in [9.17, 15) is 0 Å². The van der Waals surface area contributed by atoms with Gasteiger partial charge in [-0.3, -0.25) is 0 Å². The Morgan fingerprint density at radius 1 is 0.196 bits per heavy atom. The fourth-order valence-electron chi connectivity index (χ4n) is 9.18. The summed E-state index contributed by atoms with van der Waals surface area (Å²) in [7, 11) is 0. The Labute approximate surface area is 326 Å². The van der Waals surface area contributed by atoms with E-state index in [0.29, 0.717) is 0 Å². The molecule has 0 atom stereocenters. The first-order valence-corrected chi connectivity index (χ1v) is 19.4. The second kappa shape index (κ2) is 13.2. The van der Waals surface area contributed by atoms with Crippen LogP contribution < -0.4 is 0 Å². The predicted octanol–water partition coefficient (Wildman–Crippen LogP) is 15.7. The van der Waals surface area contributed by atoms with Crippen molar-refractivity contribution in [3.05, 3.63) is 218 Å². The summed E-state index contributed by atoms with van der Waals surface area (Å²) in [6.45, 7) is 0. The van der Waals surface area contributed by atoms with Gasteiger partial charge in [-0.05, 0) is 134 Å². The largest absolute Gasteiger partial charge is 0.0622 e. The maximum absolute atomic E-state index is 2.46. The average Bonchev–Trinajstić information content (AvgIpc) is 3.28. The van der Waals surface area contributed by atoms with Gasteiger partial charge in [-0.1, -0.05) is 194 Å². The molecule has 11 rings (SSSR count). The standard InChI is InChI=1S/C56H36/c1-5-17-37(18-6-1)45-27-15-28-46(38-19-7-2-8-20-38)55(45)43-33-41-25-13-32-50-52-36-44(34-42-26-14-31-49(54(42)52)51(35-43)53(41)50)56-47(39-21-9-3-10-22-39)29-16-30-48(56)40-23-11-4-12-24-40/h1-36H. The van der Waals surface area contributed by atoms with Crippen molar-refractivity contribution in [3.8, 4) is 66.8 Å². The summed E-state index contributed by atoms with van der Waals surface area (Å²) in [5.41, 5.74) is 14.8. The Bertz CT molecular complexity index is 2860. The lowest BCUT2D eigenvalue weighted by molar-refractivity contribution is 1.57. The number of fused-ring (bicyclic) bond motifs is 2. The van der Waals surface area contributed by atoms with E-state index in [4.69, 9.17) is 0 Å². The van der Waals surface area contributed by atoms with E-state index in [1.165, 1.54) is 110 Å². The molecule has 0 spiro atoms. The van der Waals surface area contributed by atoms with Crippen LogP contribution in [-0.4, -0.2) is 0 Å². The van der Waals surface area contributed by atoms with Crippen molar-refractivity contribution in [1.29, 1.82) is 0 Å². The zero-order chi connectivity index (χ0) is 37.0. The van der Waals surface area contributed by atoms with Crippen molar-refractivity contribution in [2.24, 2.45) is 0 Å². The average molecular weight is 709 g/mol. The van der Waals surface area contributed by atoms with Crippen molar-refractivity contribution in [2.75, 3.05) is 0 Å². The predicted molar refractivity (Wildman–Crippen MR) is 240 cm³/mol.